The Hall–Kier alpha value is -4.49. The normalized spacial score (nSPS) is 13.5. The van der Waals surface area contributed by atoms with Gasteiger partial charge >= 0.3 is 5.97 Å². The first-order valence-corrected chi connectivity index (χ1v) is 14.3. The van der Waals surface area contributed by atoms with E-state index in [-0.39, 0.29) is 38.2 Å². The molecule has 0 aromatic heterocycles. The van der Waals surface area contributed by atoms with Crippen LogP contribution in [0.1, 0.15) is 43.2 Å². The Morgan fingerprint density at radius 3 is 1.77 bits per heavy atom. The number of hydrogen-bond donors (Lipinski definition) is 8. The van der Waals surface area contributed by atoms with Crippen LogP contribution in [0.4, 0.5) is 0 Å². The zero-order valence-corrected chi connectivity index (χ0v) is 24.3. The highest BCUT2D eigenvalue weighted by Gasteiger charge is 2.30. The Balaban J connectivity index is 2.22. The van der Waals surface area contributed by atoms with E-state index in [0.717, 1.165) is 11.1 Å². The van der Waals surface area contributed by atoms with E-state index in [0.29, 0.717) is 25.8 Å². The van der Waals surface area contributed by atoms with Crippen molar-refractivity contribution in [2.24, 2.45) is 27.9 Å². The number of aliphatic carboxylic acids is 1. The highest BCUT2D eigenvalue weighted by molar-refractivity contribution is 5.94. The summed E-state index contributed by atoms with van der Waals surface area (Å²) in [5.41, 5.74) is 24.1. The van der Waals surface area contributed by atoms with Crippen molar-refractivity contribution in [3.05, 3.63) is 71.8 Å². The van der Waals surface area contributed by atoms with Crippen LogP contribution in [0.25, 0.3) is 0 Å². The molecule has 0 unspecified atom stereocenters. The highest BCUT2D eigenvalue weighted by atomic mass is 16.4. The van der Waals surface area contributed by atoms with Gasteiger partial charge in [-0.05, 0) is 56.2 Å². The van der Waals surface area contributed by atoms with Gasteiger partial charge in [-0.15, -0.1) is 0 Å². The van der Waals surface area contributed by atoms with Gasteiger partial charge in [0.25, 0.3) is 0 Å². The number of nitrogens with zero attached hydrogens (tertiary/aromatic N) is 1. The first-order valence-electron chi connectivity index (χ1n) is 14.3. The molecule has 13 heteroatoms. The van der Waals surface area contributed by atoms with Crippen molar-refractivity contribution in [3.8, 4) is 0 Å². The number of hydrogen-bond acceptors (Lipinski definition) is 7. The van der Waals surface area contributed by atoms with Gasteiger partial charge in [-0.25, -0.2) is 4.79 Å². The molecule has 12 N–H and O–H groups in total. The molecule has 43 heavy (non-hydrogen) atoms. The molecule has 0 fully saturated rings. The summed E-state index contributed by atoms with van der Waals surface area (Å²) < 4.78 is 0. The Bertz CT molecular complexity index is 1190. The monoisotopic (exact) mass is 596 g/mol. The van der Waals surface area contributed by atoms with Crippen LogP contribution in [0.2, 0.25) is 0 Å². The lowest BCUT2D eigenvalue weighted by Gasteiger charge is -2.25. The third kappa shape index (κ3) is 13.4. The summed E-state index contributed by atoms with van der Waals surface area (Å²) in [6.07, 6.45) is 2.16. The third-order valence-electron chi connectivity index (χ3n) is 6.69. The van der Waals surface area contributed by atoms with E-state index < -0.39 is 47.9 Å². The first-order chi connectivity index (χ1) is 20.6. The van der Waals surface area contributed by atoms with E-state index in [1.807, 2.05) is 36.4 Å². The minimum atomic E-state index is -1.19. The van der Waals surface area contributed by atoms with Gasteiger partial charge in [-0.1, -0.05) is 60.7 Å². The molecular formula is C30H44N8O5. The van der Waals surface area contributed by atoms with Crippen molar-refractivity contribution in [2.75, 3.05) is 13.1 Å². The molecule has 0 saturated heterocycles. The molecule has 0 radical (unpaired) electrons. The second-order valence-electron chi connectivity index (χ2n) is 10.2. The molecule has 234 valence electrons. The molecule has 4 atom stereocenters. The van der Waals surface area contributed by atoms with Crippen LogP contribution < -0.4 is 38.9 Å². The summed E-state index contributed by atoms with van der Waals surface area (Å²) >= 11 is 0. The Labute approximate surface area is 251 Å². The van der Waals surface area contributed by atoms with E-state index >= 15 is 0 Å². The fraction of sp³-hybridized carbons (Fsp3) is 0.433. The highest BCUT2D eigenvalue weighted by Crippen LogP contribution is 2.09. The Morgan fingerprint density at radius 2 is 1.21 bits per heavy atom. The summed E-state index contributed by atoms with van der Waals surface area (Å²) in [5.74, 6) is -3.12. The molecule has 0 heterocycles. The number of aliphatic imine (C=N–C) groups is 1. The number of carbonyl (C=O) groups is 4. The van der Waals surface area contributed by atoms with E-state index in [2.05, 4.69) is 20.9 Å². The molecule has 2 aromatic carbocycles. The van der Waals surface area contributed by atoms with Gasteiger partial charge in [0.2, 0.25) is 17.7 Å². The summed E-state index contributed by atoms with van der Waals surface area (Å²) in [5, 5.41) is 17.6. The molecule has 13 nitrogen and oxygen atoms in total. The summed E-state index contributed by atoms with van der Waals surface area (Å²) in [6, 6.07) is 13.9. The number of amides is 3. The summed E-state index contributed by atoms with van der Waals surface area (Å²) in [6.45, 7) is 0.618. The molecule has 0 spiro atoms. The van der Waals surface area contributed by atoms with Gasteiger partial charge < -0.3 is 44.0 Å². The van der Waals surface area contributed by atoms with Crippen molar-refractivity contribution >= 4 is 29.7 Å². The minimum Gasteiger partial charge on any atom is -0.480 e. The van der Waals surface area contributed by atoms with Crippen molar-refractivity contribution < 1.29 is 24.3 Å². The average Bonchev–Trinajstić information content (AvgIpc) is 2.98. The van der Waals surface area contributed by atoms with Crippen molar-refractivity contribution in [2.45, 2.75) is 69.1 Å². The zero-order valence-electron chi connectivity index (χ0n) is 24.3. The molecule has 0 aliphatic rings. The fourth-order valence-electron chi connectivity index (χ4n) is 4.37. The molecule has 0 aliphatic heterocycles. The predicted molar refractivity (Wildman–Crippen MR) is 165 cm³/mol. The Morgan fingerprint density at radius 1 is 0.698 bits per heavy atom. The van der Waals surface area contributed by atoms with Crippen LogP contribution in [0.15, 0.2) is 65.7 Å². The number of benzene rings is 2. The predicted octanol–water partition coefficient (Wildman–Crippen LogP) is -0.479. The van der Waals surface area contributed by atoms with Crippen LogP contribution in [-0.2, 0) is 32.0 Å². The van der Waals surface area contributed by atoms with Crippen molar-refractivity contribution in [3.63, 3.8) is 0 Å². The van der Waals surface area contributed by atoms with Gasteiger partial charge in [-0.2, -0.15) is 0 Å². The van der Waals surface area contributed by atoms with Crippen molar-refractivity contribution in [1.82, 2.24) is 16.0 Å². The van der Waals surface area contributed by atoms with Crippen LogP contribution in [0.3, 0.4) is 0 Å². The molecule has 0 saturated carbocycles. The van der Waals surface area contributed by atoms with E-state index in [1.165, 1.54) is 0 Å². The largest absolute Gasteiger partial charge is 0.480 e. The van der Waals surface area contributed by atoms with Gasteiger partial charge in [-0.3, -0.25) is 19.4 Å². The smallest absolute Gasteiger partial charge is 0.326 e. The number of guanidine groups is 1. The minimum absolute atomic E-state index is 0.0930. The number of carboxylic acids is 1. The second kappa shape index (κ2) is 18.8. The number of carboxylic acid groups (broad SMARTS) is 1. The summed E-state index contributed by atoms with van der Waals surface area (Å²) in [7, 11) is 0. The lowest BCUT2D eigenvalue weighted by Crippen LogP contribution is -2.57. The number of carbonyl (C=O) groups excluding carboxylic acids is 3. The zero-order chi connectivity index (χ0) is 31.6. The van der Waals surface area contributed by atoms with Crippen LogP contribution >= 0.6 is 0 Å². The van der Waals surface area contributed by atoms with Crippen molar-refractivity contribution in [1.29, 1.82) is 0 Å². The van der Waals surface area contributed by atoms with Gasteiger partial charge in [0.15, 0.2) is 5.96 Å². The molecule has 2 rings (SSSR count). The van der Waals surface area contributed by atoms with Crippen LogP contribution in [0.5, 0.6) is 0 Å². The number of rotatable bonds is 19. The van der Waals surface area contributed by atoms with E-state index in [9.17, 15) is 24.3 Å². The molecule has 3 amide bonds. The van der Waals surface area contributed by atoms with Crippen LogP contribution in [-0.4, -0.2) is 72.0 Å². The standard InChI is InChI=1S/C30H44N8O5/c31-16-8-7-14-24(29(42)43)37-28(41)25(19-21-12-5-2-6-13-21)38-27(40)23(15-9-17-35-30(33)34)36-26(39)22(32)18-20-10-3-1-4-11-20/h1-6,10-13,22-25H,7-9,14-19,31-32H2,(H,36,39)(H,37,41)(H,38,40)(H,42,43)(H4,33,34,35)/t22-,23-,24-,25-/m0/s1. The number of unbranched alkanes of at least 4 members (excludes halogenated alkanes) is 1. The van der Waals surface area contributed by atoms with Gasteiger partial charge in [0.05, 0.1) is 6.04 Å². The third-order valence-corrected chi connectivity index (χ3v) is 6.69. The molecule has 0 aliphatic carbocycles. The van der Waals surface area contributed by atoms with Gasteiger partial charge in [0.1, 0.15) is 18.1 Å². The fourth-order valence-corrected chi connectivity index (χ4v) is 4.37. The Kier molecular flexibility index (Phi) is 15.2. The maximum atomic E-state index is 13.6. The van der Waals surface area contributed by atoms with Crippen LogP contribution in [0, 0.1) is 0 Å². The van der Waals surface area contributed by atoms with E-state index in [4.69, 9.17) is 22.9 Å². The number of nitrogens with one attached hydrogen (secondary N) is 3. The lowest BCUT2D eigenvalue weighted by atomic mass is 10.0. The second-order valence-corrected chi connectivity index (χ2v) is 10.2. The first kappa shape index (κ1) is 34.7. The molecular weight excluding hydrogens is 552 g/mol. The average molecular weight is 597 g/mol. The lowest BCUT2D eigenvalue weighted by molar-refractivity contribution is -0.142. The molecule has 0 bridgehead atoms. The SMILES string of the molecule is NCCCC[C@H](NC(=O)[C@H](Cc1ccccc1)NC(=O)[C@H](CCCN=C(N)N)NC(=O)[C@@H](N)Cc1ccccc1)C(=O)O. The topological polar surface area (TPSA) is 241 Å². The maximum absolute atomic E-state index is 13.6. The maximum Gasteiger partial charge on any atom is 0.326 e. The van der Waals surface area contributed by atoms with Gasteiger partial charge in [0, 0.05) is 13.0 Å². The molecule has 2 aromatic rings. The quantitative estimate of drug-likeness (QED) is 0.0592. The van der Waals surface area contributed by atoms with E-state index in [1.54, 1.807) is 24.3 Å². The number of nitrogens with two attached hydrogens (primary N) is 4. The summed E-state index contributed by atoms with van der Waals surface area (Å²) in [4.78, 5) is 55.7.